The number of hydrogen-bond donors (Lipinski definition) is 4. The highest BCUT2D eigenvalue weighted by Gasteiger charge is 2.20. The Morgan fingerprint density at radius 3 is 2.56 bits per heavy atom. The van der Waals surface area contributed by atoms with Crippen molar-refractivity contribution in [1.82, 2.24) is 15.5 Å². The molecule has 244 valence electrons. The van der Waals surface area contributed by atoms with E-state index in [2.05, 4.69) is 25.7 Å². The molecule has 0 radical (unpaired) electrons. The van der Waals surface area contributed by atoms with Crippen molar-refractivity contribution in [2.75, 3.05) is 45.5 Å². The van der Waals surface area contributed by atoms with Gasteiger partial charge in [0, 0.05) is 29.8 Å². The van der Waals surface area contributed by atoms with E-state index in [0.717, 1.165) is 5.01 Å². The van der Waals surface area contributed by atoms with Gasteiger partial charge in [-0.25, -0.2) is 14.6 Å². The van der Waals surface area contributed by atoms with Crippen molar-refractivity contribution in [3.05, 3.63) is 45.9 Å². The number of carboxylic acid groups (broad SMARTS) is 1. The van der Waals surface area contributed by atoms with Crippen LogP contribution in [0, 0.1) is 6.92 Å². The van der Waals surface area contributed by atoms with Crippen LogP contribution in [0.4, 0.5) is 10.5 Å². The Balaban J connectivity index is 1.62. The van der Waals surface area contributed by atoms with Crippen LogP contribution in [0.2, 0.25) is 0 Å². The number of ether oxygens (including phenoxy) is 3. The molecule has 0 bridgehead atoms. The van der Waals surface area contributed by atoms with Crippen LogP contribution in [0.1, 0.15) is 51.5 Å². The van der Waals surface area contributed by atoms with Gasteiger partial charge in [0.05, 0.1) is 37.5 Å². The zero-order valence-electron chi connectivity index (χ0n) is 24.7. The Kier molecular flexibility index (Phi) is 14.2. The lowest BCUT2D eigenvalue weighted by atomic mass is 10.1. The second kappa shape index (κ2) is 18.3. The molecule has 16 nitrogen and oxygen atoms in total. The summed E-state index contributed by atoms with van der Waals surface area (Å²) in [6, 6.07) is 5.77. The van der Waals surface area contributed by atoms with Crippen LogP contribution in [0.25, 0.3) is 11.5 Å². The number of nitrogens with zero attached hydrogens (tertiary/aromatic N) is 2. The van der Waals surface area contributed by atoms with E-state index in [1.807, 2.05) is 6.92 Å². The second-order valence-electron chi connectivity index (χ2n) is 9.44. The van der Waals surface area contributed by atoms with Crippen molar-refractivity contribution in [2.24, 2.45) is 5.73 Å². The highest BCUT2D eigenvalue weighted by molar-refractivity contribution is 7.09. The zero-order valence-corrected chi connectivity index (χ0v) is 25.6. The second-order valence-corrected chi connectivity index (χ2v) is 10.5. The molecule has 1 atom stereocenters. The first-order chi connectivity index (χ1) is 21.7. The van der Waals surface area contributed by atoms with E-state index >= 15 is 0 Å². The number of primary amides is 1. The van der Waals surface area contributed by atoms with Gasteiger partial charge < -0.3 is 40.2 Å². The van der Waals surface area contributed by atoms with Crippen LogP contribution in [0.15, 0.2) is 34.2 Å². The lowest BCUT2D eigenvalue weighted by molar-refractivity contribution is -0.236. The Labute approximate surface area is 262 Å². The molecule has 0 saturated carbocycles. The molecule has 5 N–H and O–H groups in total. The van der Waals surface area contributed by atoms with Crippen molar-refractivity contribution in [3.8, 4) is 17.2 Å². The van der Waals surface area contributed by atoms with E-state index in [1.54, 1.807) is 17.5 Å². The monoisotopic (exact) mass is 649 g/mol. The molecule has 2 aromatic heterocycles. The molecule has 0 saturated heterocycles. The predicted molar refractivity (Wildman–Crippen MR) is 159 cm³/mol. The number of carbonyl (C=O) groups is 4. The summed E-state index contributed by atoms with van der Waals surface area (Å²) in [5.41, 5.74) is 5.98. The van der Waals surface area contributed by atoms with Gasteiger partial charge in [-0.1, -0.05) is 5.16 Å². The smallest absolute Gasteiger partial charge is 0.436 e. The fourth-order valence-electron chi connectivity index (χ4n) is 3.95. The summed E-state index contributed by atoms with van der Waals surface area (Å²) in [7, 11) is 1.42. The van der Waals surface area contributed by atoms with Crippen molar-refractivity contribution >= 4 is 40.9 Å². The Hall–Kier alpha value is -4.58. The molecule has 3 rings (SSSR count). The number of aliphatic carboxylic acids is 1. The summed E-state index contributed by atoms with van der Waals surface area (Å²) in [5, 5.41) is 20.8. The number of amides is 3. The van der Waals surface area contributed by atoms with Crippen LogP contribution < -0.4 is 21.1 Å². The van der Waals surface area contributed by atoms with Gasteiger partial charge in [0.2, 0.25) is 0 Å². The number of methoxy groups -OCH3 is 1. The fourth-order valence-corrected chi connectivity index (χ4v) is 4.55. The standard InChI is InChI=1S/C28H35N5O11S/c1-17-30-22(16-45-17)24-14-21(33-43-24)27(37)32-19-6-7-23(39-2)20(13-19)26(36)31-18(5-3-4-9-42-44-28(29)38)8-10-40-11-12-41-15-25(34)35/h6-7,13-14,16,18H,3-5,8-12,15H2,1-2H3,(H2,29,38)(H,31,36)(H,32,37)(H,34,35). The lowest BCUT2D eigenvalue weighted by Gasteiger charge is -2.20. The molecule has 1 aromatic carbocycles. The first-order valence-corrected chi connectivity index (χ1v) is 14.7. The summed E-state index contributed by atoms with van der Waals surface area (Å²) >= 11 is 1.44. The van der Waals surface area contributed by atoms with Gasteiger partial charge in [-0.3, -0.25) is 14.5 Å². The number of thiazole rings is 1. The number of carbonyl (C=O) groups excluding carboxylic acids is 3. The highest BCUT2D eigenvalue weighted by atomic mass is 32.1. The van der Waals surface area contributed by atoms with Gasteiger partial charge >= 0.3 is 12.1 Å². The number of rotatable bonds is 20. The van der Waals surface area contributed by atoms with E-state index in [-0.39, 0.29) is 49.5 Å². The summed E-state index contributed by atoms with van der Waals surface area (Å²) < 4.78 is 21.1. The summed E-state index contributed by atoms with van der Waals surface area (Å²) in [6.45, 7) is 2.10. The van der Waals surface area contributed by atoms with Crippen molar-refractivity contribution < 1.29 is 52.8 Å². The van der Waals surface area contributed by atoms with Crippen molar-refractivity contribution in [3.63, 3.8) is 0 Å². The normalized spacial score (nSPS) is 11.5. The van der Waals surface area contributed by atoms with E-state index in [9.17, 15) is 19.2 Å². The molecule has 0 aliphatic rings. The molecule has 0 fully saturated rings. The highest BCUT2D eigenvalue weighted by Crippen LogP contribution is 2.25. The Morgan fingerprint density at radius 2 is 1.84 bits per heavy atom. The number of unbranched alkanes of at least 4 members (excludes halogenated alkanes) is 1. The minimum atomic E-state index is -1.07. The van der Waals surface area contributed by atoms with Gasteiger partial charge in [0.15, 0.2) is 11.5 Å². The molecule has 45 heavy (non-hydrogen) atoms. The van der Waals surface area contributed by atoms with Gasteiger partial charge in [0.1, 0.15) is 18.1 Å². The van der Waals surface area contributed by atoms with Gasteiger partial charge in [-0.05, 0) is 50.8 Å². The number of nitrogens with two attached hydrogens (primary N) is 1. The minimum absolute atomic E-state index is 0.0381. The van der Waals surface area contributed by atoms with Crippen LogP contribution in [-0.2, 0) is 24.0 Å². The van der Waals surface area contributed by atoms with E-state index in [0.29, 0.717) is 42.8 Å². The molecular weight excluding hydrogens is 614 g/mol. The number of benzene rings is 1. The average Bonchev–Trinajstić information content (AvgIpc) is 3.67. The summed E-state index contributed by atoms with van der Waals surface area (Å²) in [4.78, 5) is 60.7. The van der Waals surface area contributed by atoms with E-state index in [1.165, 1.54) is 30.6 Å². The number of hydrogen-bond acceptors (Lipinski definition) is 13. The number of aryl methyl sites for hydroxylation is 1. The third kappa shape index (κ3) is 12.1. The molecule has 0 aliphatic carbocycles. The fraction of sp³-hybridized carbons (Fsp3) is 0.429. The molecule has 0 spiro atoms. The van der Waals surface area contributed by atoms with Crippen molar-refractivity contribution in [2.45, 2.75) is 38.6 Å². The quantitative estimate of drug-likeness (QED) is 0.0785. The minimum Gasteiger partial charge on any atom is -0.496 e. The first-order valence-electron chi connectivity index (χ1n) is 13.8. The number of aromatic nitrogens is 2. The van der Waals surface area contributed by atoms with Crippen LogP contribution in [0.3, 0.4) is 0 Å². The maximum Gasteiger partial charge on any atom is 0.436 e. The van der Waals surface area contributed by atoms with Crippen LogP contribution >= 0.6 is 11.3 Å². The van der Waals surface area contributed by atoms with E-state index in [4.69, 9.17) is 34.5 Å². The van der Waals surface area contributed by atoms with Gasteiger partial charge in [-0.15, -0.1) is 11.3 Å². The number of anilines is 1. The molecule has 3 amide bonds. The maximum atomic E-state index is 13.4. The topological polar surface area (TPSA) is 224 Å². The zero-order chi connectivity index (χ0) is 32.6. The average molecular weight is 650 g/mol. The van der Waals surface area contributed by atoms with Gasteiger partial charge in [-0.2, -0.15) is 4.89 Å². The van der Waals surface area contributed by atoms with Crippen LogP contribution in [-0.4, -0.2) is 85.3 Å². The maximum absolute atomic E-state index is 13.4. The molecule has 17 heteroatoms. The van der Waals surface area contributed by atoms with Crippen molar-refractivity contribution in [1.29, 1.82) is 0 Å². The molecule has 2 heterocycles. The lowest BCUT2D eigenvalue weighted by Crippen LogP contribution is -2.36. The first kappa shape index (κ1) is 34.9. The van der Waals surface area contributed by atoms with Crippen LogP contribution in [0.5, 0.6) is 5.75 Å². The molecule has 1 unspecified atom stereocenters. The molecular formula is C28H35N5O11S. The van der Waals surface area contributed by atoms with E-state index < -0.39 is 30.5 Å². The molecule has 0 aliphatic heterocycles. The summed E-state index contributed by atoms with van der Waals surface area (Å²) in [5.74, 6) is -1.42. The predicted octanol–water partition coefficient (Wildman–Crippen LogP) is 3.17. The third-order valence-electron chi connectivity index (χ3n) is 6.03. The largest absolute Gasteiger partial charge is 0.496 e. The summed E-state index contributed by atoms with van der Waals surface area (Å²) in [6.07, 6.45) is 1.02. The van der Waals surface area contributed by atoms with Gasteiger partial charge in [0.25, 0.3) is 11.8 Å². The number of nitrogens with one attached hydrogen (secondary N) is 2. The Bertz CT molecular complexity index is 1430. The number of carboxylic acids is 1. The molecule has 3 aromatic rings. The third-order valence-corrected chi connectivity index (χ3v) is 6.80. The Morgan fingerprint density at radius 1 is 1.04 bits per heavy atom. The SMILES string of the molecule is COc1ccc(NC(=O)c2cc(-c3csc(C)n3)on2)cc1C(=O)NC(CCCCOOC(N)=O)CCOCCOCC(=O)O.